The third-order valence-electron chi connectivity index (χ3n) is 4.94. The van der Waals surface area contributed by atoms with E-state index in [1.54, 1.807) is 7.11 Å². The number of carbonyl (C=O) groups is 1. The standard InChI is InChI=1S/C28H27O3S/c1-28(2,3)31-27(29)24-19-20-13-11-12-18-23(20)26(25(24)30-4)32(21-14-7-5-8-15-21)22-16-9-6-10-17-22/h5-19H,1-4H3/q+1. The molecule has 4 rings (SSSR count). The second-order valence-corrected chi connectivity index (χ2v) is 10.4. The van der Waals surface area contributed by atoms with E-state index >= 15 is 0 Å². The monoisotopic (exact) mass is 443 g/mol. The van der Waals surface area contributed by atoms with Crippen LogP contribution in [0, 0.1) is 0 Å². The van der Waals surface area contributed by atoms with E-state index in [9.17, 15) is 4.79 Å². The van der Waals surface area contributed by atoms with E-state index in [2.05, 4.69) is 30.3 Å². The summed E-state index contributed by atoms with van der Waals surface area (Å²) in [5.41, 5.74) is -0.158. The lowest BCUT2D eigenvalue weighted by atomic mass is 10.1. The van der Waals surface area contributed by atoms with E-state index < -0.39 is 16.5 Å². The first-order valence-corrected chi connectivity index (χ1v) is 11.8. The quantitative estimate of drug-likeness (QED) is 0.249. The van der Waals surface area contributed by atoms with E-state index in [1.165, 1.54) is 0 Å². The summed E-state index contributed by atoms with van der Waals surface area (Å²) in [4.78, 5) is 16.5. The van der Waals surface area contributed by atoms with E-state index in [4.69, 9.17) is 9.47 Å². The van der Waals surface area contributed by atoms with Gasteiger partial charge in [0.2, 0.25) is 4.90 Å². The molecule has 0 aliphatic rings. The minimum absolute atomic E-state index is 0.383. The van der Waals surface area contributed by atoms with Crippen LogP contribution in [0.2, 0.25) is 0 Å². The zero-order valence-electron chi connectivity index (χ0n) is 18.8. The van der Waals surface area contributed by atoms with Crippen LogP contribution in [0.4, 0.5) is 0 Å². The highest BCUT2D eigenvalue weighted by Gasteiger charge is 2.37. The number of ether oxygens (including phenoxy) is 2. The van der Waals surface area contributed by atoms with Crippen LogP contribution in [-0.2, 0) is 15.6 Å². The minimum Gasteiger partial charge on any atom is -0.491 e. The lowest BCUT2D eigenvalue weighted by Gasteiger charge is -2.21. The molecule has 162 valence electrons. The highest BCUT2D eigenvalue weighted by atomic mass is 32.2. The molecule has 0 bridgehead atoms. The molecule has 0 fully saturated rings. The van der Waals surface area contributed by atoms with E-state index in [0.29, 0.717) is 11.3 Å². The van der Waals surface area contributed by atoms with Gasteiger partial charge in [0.1, 0.15) is 22.1 Å². The first-order valence-electron chi connectivity index (χ1n) is 10.6. The zero-order valence-corrected chi connectivity index (χ0v) is 19.6. The van der Waals surface area contributed by atoms with Gasteiger partial charge in [-0.1, -0.05) is 54.6 Å². The van der Waals surface area contributed by atoms with Crippen molar-refractivity contribution in [3.05, 3.63) is 96.6 Å². The van der Waals surface area contributed by atoms with Crippen molar-refractivity contribution in [1.82, 2.24) is 0 Å². The number of fused-ring (bicyclic) bond motifs is 1. The number of methoxy groups -OCH3 is 1. The normalized spacial score (nSPS) is 11.5. The number of hydrogen-bond acceptors (Lipinski definition) is 3. The van der Waals surface area contributed by atoms with Gasteiger partial charge in [-0.3, -0.25) is 0 Å². The summed E-state index contributed by atoms with van der Waals surface area (Å²) in [6, 6.07) is 30.8. The van der Waals surface area contributed by atoms with Crippen molar-refractivity contribution in [2.45, 2.75) is 41.1 Å². The molecule has 0 unspecified atom stereocenters. The molecule has 0 aliphatic heterocycles. The third kappa shape index (κ3) is 4.51. The number of benzene rings is 4. The van der Waals surface area contributed by atoms with Gasteiger partial charge in [0.25, 0.3) is 0 Å². The summed E-state index contributed by atoms with van der Waals surface area (Å²) in [5.74, 6) is 0.181. The maximum Gasteiger partial charge on any atom is 0.342 e. The van der Waals surface area contributed by atoms with Crippen LogP contribution >= 0.6 is 0 Å². The average Bonchev–Trinajstić information content (AvgIpc) is 2.79. The molecule has 0 atom stereocenters. The average molecular weight is 444 g/mol. The maximum atomic E-state index is 13.2. The van der Waals surface area contributed by atoms with Crippen LogP contribution in [-0.4, -0.2) is 18.7 Å². The second-order valence-electron chi connectivity index (χ2n) is 8.44. The highest BCUT2D eigenvalue weighted by molar-refractivity contribution is 7.97. The number of esters is 1. The van der Waals surface area contributed by atoms with Gasteiger partial charge in [0.05, 0.1) is 7.11 Å². The molecule has 0 heterocycles. The van der Waals surface area contributed by atoms with Crippen LogP contribution in [0.25, 0.3) is 10.8 Å². The third-order valence-corrected chi connectivity index (χ3v) is 7.24. The second kappa shape index (κ2) is 9.09. The SMILES string of the molecule is COc1c(C(=O)OC(C)(C)C)cc2ccccc2c1[S+](c1ccccc1)c1ccccc1. The molecular weight excluding hydrogens is 416 g/mol. The van der Waals surface area contributed by atoms with Gasteiger partial charge in [0, 0.05) is 5.39 Å². The Hall–Kier alpha value is -3.24. The van der Waals surface area contributed by atoms with Gasteiger partial charge < -0.3 is 9.47 Å². The van der Waals surface area contributed by atoms with Gasteiger partial charge in [0.15, 0.2) is 15.5 Å². The van der Waals surface area contributed by atoms with Gasteiger partial charge in [-0.2, -0.15) is 0 Å². The largest absolute Gasteiger partial charge is 0.491 e. The minimum atomic E-state index is -0.603. The Morgan fingerprint density at radius 2 is 1.31 bits per heavy atom. The zero-order chi connectivity index (χ0) is 22.7. The number of rotatable bonds is 5. The molecule has 0 saturated carbocycles. The molecule has 0 amide bonds. The van der Waals surface area contributed by atoms with Crippen LogP contribution < -0.4 is 4.74 Å². The molecule has 4 aromatic rings. The molecule has 4 aromatic carbocycles. The molecule has 0 radical (unpaired) electrons. The van der Waals surface area contributed by atoms with Gasteiger partial charge in [-0.15, -0.1) is 0 Å². The molecule has 0 N–H and O–H groups in total. The summed E-state index contributed by atoms with van der Waals surface area (Å²) < 4.78 is 11.7. The van der Waals surface area contributed by atoms with Crippen LogP contribution in [0.5, 0.6) is 5.75 Å². The van der Waals surface area contributed by atoms with Crippen molar-refractivity contribution in [2.75, 3.05) is 7.11 Å². The Morgan fingerprint density at radius 3 is 1.84 bits per heavy atom. The molecule has 0 aromatic heterocycles. The summed E-state index contributed by atoms with van der Waals surface area (Å²) >= 11 is 0. The van der Waals surface area contributed by atoms with Crippen molar-refractivity contribution in [3.8, 4) is 5.75 Å². The van der Waals surface area contributed by atoms with Crippen molar-refractivity contribution in [1.29, 1.82) is 0 Å². The summed E-state index contributed by atoms with van der Waals surface area (Å²) in [6.45, 7) is 5.62. The maximum absolute atomic E-state index is 13.2. The molecule has 0 spiro atoms. The van der Waals surface area contributed by atoms with Crippen molar-refractivity contribution < 1.29 is 14.3 Å². The summed E-state index contributed by atoms with van der Waals surface area (Å²) in [5, 5.41) is 2.04. The van der Waals surface area contributed by atoms with Crippen molar-refractivity contribution in [3.63, 3.8) is 0 Å². The first kappa shape index (κ1) is 22.0. The fourth-order valence-electron chi connectivity index (χ4n) is 3.67. The molecule has 0 aliphatic carbocycles. The Kier molecular flexibility index (Phi) is 6.24. The Balaban J connectivity index is 2.06. The molecule has 4 heteroatoms. The van der Waals surface area contributed by atoms with E-state index in [-0.39, 0.29) is 5.97 Å². The number of carbonyl (C=O) groups excluding carboxylic acids is 1. The molecule has 32 heavy (non-hydrogen) atoms. The predicted molar refractivity (Wildman–Crippen MR) is 131 cm³/mol. The van der Waals surface area contributed by atoms with Gasteiger partial charge >= 0.3 is 5.97 Å². The number of hydrogen-bond donors (Lipinski definition) is 0. The Bertz CT molecular complexity index is 1190. The van der Waals surface area contributed by atoms with Crippen LogP contribution in [0.3, 0.4) is 0 Å². The topological polar surface area (TPSA) is 35.5 Å². The highest BCUT2D eigenvalue weighted by Crippen LogP contribution is 2.43. The fraction of sp³-hybridized carbons (Fsp3) is 0.179. The Morgan fingerprint density at radius 1 is 0.781 bits per heavy atom. The van der Waals surface area contributed by atoms with Gasteiger partial charge in [-0.05, 0) is 62.6 Å². The molecular formula is C28H27O3S+. The lowest BCUT2D eigenvalue weighted by Crippen LogP contribution is -2.24. The van der Waals surface area contributed by atoms with Crippen molar-refractivity contribution >= 4 is 27.6 Å². The van der Waals surface area contributed by atoms with E-state index in [1.807, 2.05) is 81.4 Å². The van der Waals surface area contributed by atoms with Crippen molar-refractivity contribution in [2.24, 2.45) is 0 Å². The Labute approximate surface area is 192 Å². The summed E-state index contributed by atoms with van der Waals surface area (Å²) in [7, 11) is 1.14. The molecule has 3 nitrogen and oxygen atoms in total. The predicted octanol–water partition coefficient (Wildman–Crippen LogP) is 6.90. The van der Waals surface area contributed by atoms with Crippen LogP contribution in [0.15, 0.2) is 106 Å². The fourth-order valence-corrected chi connectivity index (χ4v) is 6.06. The van der Waals surface area contributed by atoms with Gasteiger partial charge in [-0.25, -0.2) is 4.79 Å². The smallest absolute Gasteiger partial charge is 0.342 e. The van der Waals surface area contributed by atoms with Crippen LogP contribution in [0.1, 0.15) is 31.1 Å². The lowest BCUT2D eigenvalue weighted by molar-refractivity contribution is 0.00663. The molecule has 0 saturated heterocycles. The first-order chi connectivity index (χ1) is 15.4. The van der Waals surface area contributed by atoms with E-state index in [0.717, 1.165) is 25.5 Å². The summed E-state index contributed by atoms with van der Waals surface area (Å²) in [6.07, 6.45) is 0.